The molecule has 100 valence electrons. The molecule has 0 atom stereocenters. The fraction of sp³-hybridized carbons (Fsp3) is 0.267. The van der Waals surface area contributed by atoms with E-state index in [1.807, 2.05) is 0 Å². The number of hydrogen-bond donors (Lipinski definition) is 2. The van der Waals surface area contributed by atoms with Gasteiger partial charge in [-0.2, -0.15) is 0 Å². The highest BCUT2D eigenvalue weighted by Gasteiger charge is 1.99. The second-order valence-corrected chi connectivity index (χ2v) is 5.79. The van der Waals surface area contributed by atoms with E-state index in [1.54, 1.807) is 11.3 Å². The number of guanidine groups is 1. The Morgan fingerprint density at radius 2 is 1.79 bits per heavy atom. The van der Waals surface area contributed by atoms with Gasteiger partial charge in [-0.1, -0.05) is 6.07 Å². The SMILES string of the molecule is Cc1cc(C)cc(NC(N)=NCc2cc(C)cs2)c1. The second kappa shape index (κ2) is 5.89. The molecule has 0 fully saturated rings. The van der Waals surface area contributed by atoms with Crippen LogP contribution in [0.25, 0.3) is 0 Å². The summed E-state index contributed by atoms with van der Waals surface area (Å²) in [4.78, 5) is 5.58. The third kappa shape index (κ3) is 4.10. The van der Waals surface area contributed by atoms with Crippen LogP contribution in [0.2, 0.25) is 0 Å². The third-order valence-corrected chi connectivity index (χ3v) is 3.72. The normalized spacial score (nSPS) is 11.6. The zero-order chi connectivity index (χ0) is 13.8. The van der Waals surface area contributed by atoms with Gasteiger partial charge in [-0.05, 0) is 61.0 Å². The summed E-state index contributed by atoms with van der Waals surface area (Å²) in [5, 5.41) is 5.26. The smallest absolute Gasteiger partial charge is 0.193 e. The van der Waals surface area contributed by atoms with Gasteiger partial charge >= 0.3 is 0 Å². The summed E-state index contributed by atoms with van der Waals surface area (Å²) in [5.74, 6) is 0.455. The van der Waals surface area contributed by atoms with Crippen molar-refractivity contribution in [3.8, 4) is 0 Å². The largest absolute Gasteiger partial charge is 0.370 e. The second-order valence-electron chi connectivity index (χ2n) is 4.79. The minimum Gasteiger partial charge on any atom is -0.370 e. The minimum atomic E-state index is 0.455. The van der Waals surface area contributed by atoms with Crippen molar-refractivity contribution in [1.82, 2.24) is 0 Å². The topological polar surface area (TPSA) is 50.4 Å². The highest BCUT2D eigenvalue weighted by molar-refractivity contribution is 7.10. The maximum atomic E-state index is 5.90. The number of rotatable bonds is 3. The molecule has 3 N–H and O–H groups in total. The van der Waals surface area contributed by atoms with Crippen LogP contribution in [0.15, 0.2) is 34.6 Å². The fourth-order valence-corrected chi connectivity index (χ4v) is 2.77. The lowest BCUT2D eigenvalue weighted by Gasteiger charge is -2.07. The Bertz CT molecular complexity index is 579. The van der Waals surface area contributed by atoms with Crippen molar-refractivity contribution in [2.24, 2.45) is 10.7 Å². The molecule has 4 heteroatoms. The van der Waals surface area contributed by atoms with Crippen molar-refractivity contribution in [3.63, 3.8) is 0 Å². The number of aryl methyl sites for hydroxylation is 3. The molecule has 1 aromatic carbocycles. The van der Waals surface area contributed by atoms with E-state index in [1.165, 1.54) is 21.6 Å². The molecule has 0 saturated carbocycles. The highest BCUT2D eigenvalue weighted by atomic mass is 32.1. The molecule has 2 rings (SSSR count). The van der Waals surface area contributed by atoms with Crippen LogP contribution >= 0.6 is 11.3 Å². The molecule has 0 aliphatic heterocycles. The van der Waals surface area contributed by atoms with Crippen LogP contribution in [0.3, 0.4) is 0 Å². The Morgan fingerprint density at radius 1 is 1.11 bits per heavy atom. The van der Waals surface area contributed by atoms with Crippen molar-refractivity contribution in [1.29, 1.82) is 0 Å². The standard InChI is InChI=1S/C15H19N3S/c1-10-4-11(2)6-13(5-10)18-15(16)17-8-14-7-12(3)9-19-14/h4-7,9H,8H2,1-3H3,(H3,16,17,18). The molecule has 0 amide bonds. The monoisotopic (exact) mass is 273 g/mol. The quantitative estimate of drug-likeness (QED) is 0.663. The van der Waals surface area contributed by atoms with E-state index in [9.17, 15) is 0 Å². The summed E-state index contributed by atoms with van der Waals surface area (Å²) in [6.45, 7) is 6.85. The van der Waals surface area contributed by atoms with Gasteiger partial charge in [-0.25, -0.2) is 4.99 Å². The van der Waals surface area contributed by atoms with Crippen LogP contribution in [0, 0.1) is 20.8 Å². The number of nitrogens with zero attached hydrogens (tertiary/aromatic N) is 1. The van der Waals surface area contributed by atoms with Crippen LogP contribution in [-0.2, 0) is 6.54 Å². The number of hydrogen-bond acceptors (Lipinski definition) is 2. The van der Waals surface area contributed by atoms with Crippen molar-refractivity contribution >= 4 is 23.0 Å². The van der Waals surface area contributed by atoms with Gasteiger partial charge in [0.1, 0.15) is 0 Å². The van der Waals surface area contributed by atoms with Gasteiger partial charge in [-0.15, -0.1) is 11.3 Å². The van der Waals surface area contributed by atoms with Gasteiger partial charge in [0.2, 0.25) is 0 Å². The Labute approximate surface area is 118 Å². The molecule has 0 aliphatic rings. The van der Waals surface area contributed by atoms with Gasteiger partial charge in [0.15, 0.2) is 5.96 Å². The van der Waals surface area contributed by atoms with E-state index in [-0.39, 0.29) is 0 Å². The summed E-state index contributed by atoms with van der Waals surface area (Å²) in [6.07, 6.45) is 0. The van der Waals surface area contributed by atoms with E-state index < -0.39 is 0 Å². The molecule has 2 aromatic rings. The molecule has 0 saturated heterocycles. The van der Waals surface area contributed by atoms with Gasteiger partial charge in [0.05, 0.1) is 6.54 Å². The van der Waals surface area contributed by atoms with E-state index >= 15 is 0 Å². The number of aliphatic imine (C=N–C) groups is 1. The lowest BCUT2D eigenvalue weighted by Crippen LogP contribution is -2.22. The Hall–Kier alpha value is -1.81. The van der Waals surface area contributed by atoms with E-state index in [0.717, 1.165) is 5.69 Å². The van der Waals surface area contributed by atoms with Crippen LogP contribution < -0.4 is 11.1 Å². The maximum absolute atomic E-state index is 5.90. The first kappa shape index (κ1) is 13.6. The van der Waals surface area contributed by atoms with Crippen LogP contribution in [-0.4, -0.2) is 5.96 Å². The molecule has 0 bridgehead atoms. The Morgan fingerprint density at radius 3 is 2.37 bits per heavy atom. The molecular formula is C15H19N3S. The first-order chi connectivity index (χ1) is 9.02. The average Bonchev–Trinajstić information content (AvgIpc) is 2.71. The third-order valence-electron chi connectivity index (χ3n) is 2.68. The fourth-order valence-electron chi connectivity index (χ4n) is 1.97. The predicted octanol–water partition coefficient (Wildman–Crippen LogP) is 3.60. The van der Waals surface area contributed by atoms with E-state index in [0.29, 0.717) is 12.5 Å². The van der Waals surface area contributed by atoms with Crippen LogP contribution in [0.1, 0.15) is 21.6 Å². The Balaban J connectivity index is 2.01. The highest BCUT2D eigenvalue weighted by Crippen LogP contribution is 2.15. The molecule has 0 radical (unpaired) electrons. The number of nitrogens with two attached hydrogens (primary N) is 1. The molecule has 3 nitrogen and oxygen atoms in total. The van der Waals surface area contributed by atoms with Gasteiger partial charge in [0.25, 0.3) is 0 Å². The molecule has 1 aromatic heterocycles. The zero-order valence-corrected chi connectivity index (χ0v) is 12.3. The molecule has 1 heterocycles. The number of benzene rings is 1. The van der Waals surface area contributed by atoms with Crippen LogP contribution in [0.4, 0.5) is 5.69 Å². The predicted molar refractivity (Wildman–Crippen MR) is 83.9 cm³/mol. The average molecular weight is 273 g/mol. The number of anilines is 1. The van der Waals surface area contributed by atoms with Crippen LogP contribution in [0.5, 0.6) is 0 Å². The maximum Gasteiger partial charge on any atom is 0.193 e. The van der Waals surface area contributed by atoms with Crippen molar-refractivity contribution in [2.45, 2.75) is 27.3 Å². The van der Waals surface area contributed by atoms with Gasteiger partial charge < -0.3 is 11.1 Å². The lowest BCUT2D eigenvalue weighted by molar-refractivity contribution is 1.09. The van der Waals surface area contributed by atoms with E-state index in [2.05, 4.69) is 60.7 Å². The first-order valence-electron chi connectivity index (χ1n) is 6.22. The Kier molecular flexibility index (Phi) is 4.22. The van der Waals surface area contributed by atoms with Gasteiger partial charge in [-0.3, -0.25) is 0 Å². The summed E-state index contributed by atoms with van der Waals surface area (Å²) >= 11 is 1.71. The summed E-state index contributed by atoms with van der Waals surface area (Å²) in [7, 11) is 0. The molecular weight excluding hydrogens is 254 g/mol. The zero-order valence-electron chi connectivity index (χ0n) is 11.5. The first-order valence-corrected chi connectivity index (χ1v) is 7.10. The summed E-state index contributed by atoms with van der Waals surface area (Å²) in [5.41, 5.74) is 10.6. The van der Waals surface area contributed by atoms with Gasteiger partial charge in [0, 0.05) is 10.6 Å². The molecule has 19 heavy (non-hydrogen) atoms. The minimum absolute atomic E-state index is 0.455. The van der Waals surface area contributed by atoms with Crippen molar-refractivity contribution in [3.05, 3.63) is 51.2 Å². The summed E-state index contributed by atoms with van der Waals surface area (Å²) < 4.78 is 0. The molecule has 0 spiro atoms. The molecule has 0 unspecified atom stereocenters. The van der Waals surface area contributed by atoms with E-state index in [4.69, 9.17) is 5.73 Å². The number of nitrogens with one attached hydrogen (secondary N) is 1. The summed E-state index contributed by atoms with van der Waals surface area (Å²) in [6, 6.07) is 8.39. The molecule has 0 aliphatic carbocycles. The number of thiophene rings is 1. The van der Waals surface area contributed by atoms with Crippen molar-refractivity contribution in [2.75, 3.05) is 5.32 Å². The lowest BCUT2D eigenvalue weighted by atomic mass is 10.1. The van der Waals surface area contributed by atoms with Crippen molar-refractivity contribution < 1.29 is 0 Å².